The van der Waals surface area contributed by atoms with Crippen molar-refractivity contribution >= 4 is 15.7 Å². The van der Waals surface area contributed by atoms with E-state index in [1.165, 1.54) is 0 Å². The van der Waals surface area contributed by atoms with Crippen molar-refractivity contribution in [3.05, 3.63) is 84.4 Å². The van der Waals surface area contributed by atoms with Crippen molar-refractivity contribution in [1.29, 1.82) is 0 Å². The fourth-order valence-corrected chi connectivity index (χ4v) is 4.70. The molecule has 0 saturated heterocycles. The largest absolute Gasteiger partial charge is 0.489 e. The zero-order chi connectivity index (χ0) is 21.8. The molecule has 1 N–H and O–H groups in total. The maximum Gasteiger partial charge on any atom is 0.244 e. The summed E-state index contributed by atoms with van der Waals surface area (Å²) in [6, 6.07) is 24.2. The first-order valence-electron chi connectivity index (χ1n) is 10.0. The molecule has 1 aliphatic heterocycles. The first-order valence-corrected chi connectivity index (χ1v) is 11.5. The molecular formula is C24H24N2O4S. The first-order chi connectivity index (χ1) is 14.9. The van der Waals surface area contributed by atoms with Crippen molar-refractivity contribution in [2.24, 2.45) is 11.1 Å². The van der Waals surface area contributed by atoms with Crippen LogP contribution in [0.15, 0.2) is 88.9 Å². The summed E-state index contributed by atoms with van der Waals surface area (Å²) in [6.07, 6.45) is -0.716. The topological polar surface area (TPSA) is 77.0 Å². The van der Waals surface area contributed by atoms with Gasteiger partial charge in [0, 0.05) is 5.56 Å². The van der Waals surface area contributed by atoms with E-state index in [4.69, 9.17) is 9.57 Å². The molecule has 0 radical (unpaired) electrons. The van der Waals surface area contributed by atoms with Gasteiger partial charge in [-0.3, -0.25) is 0 Å². The summed E-state index contributed by atoms with van der Waals surface area (Å²) in [5.41, 5.74) is 3.22. The number of hydrogen-bond acceptors (Lipinski definition) is 5. The fraction of sp³-hybridized carbons (Fsp3) is 0.208. The minimum atomic E-state index is -3.81. The minimum absolute atomic E-state index is 0.136. The van der Waals surface area contributed by atoms with Crippen LogP contribution in [0.4, 0.5) is 0 Å². The van der Waals surface area contributed by atoms with E-state index >= 15 is 0 Å². The second kappa shape index (κ2) is 8.91. The molecule has 2 atom stereocenters. The monoisotopic (exact) mass is 436 g/mol. The molecule has 31 heavy (non-hydrogen) atoms. The van der Waals surface area contributed by atoms with Gasteiger partial charge in [-0.05, 0) is 36.2 Å². The van der Waals surface area contributed by atoms with Crippen LogP contribution in [0.2, 0.25) is 0 Å². The van der Waals surface area contributed by atoms with Crippen molar-refractivity contribution in [1.82, 2.24) is 4.72 Å². The van der Waals surface area contributed by atoms with Crippen LogP contribution in [0, 0.1) is 5.92 Å². The third-order valence-corrected chi connectivity index (χ3v) is 6.76. The van der Waals surface area contributed by atoms with Gasteiger partial charge in [0.15, 0.2) is 6.23 Å². The van der Waals surface area contributed by atoms with E-state index in [1.807, 2.05) is 74.5 Å². The zero-order valence-corrected chi connectivity index (χ0v) is 18.2. The molecule has 1 aliphatic rings. The summed E-state index contributed by atoms with van der Waals surface area (Å²) in [4.78, 5) is 5.43. The Kier molecular flexibility index (Phi) is 6.06. The van der Waals surface area contributed by atoms with Gasteiger partial charge in [-0.2, -0.15) is 4.72 Å². The van der Waals surface area contributed by atoms with Crippen molar-refractivity contribution in [2.45, 2.75) is 31.6 Å². The summed E-state index contributed by atoms with van der Waals surface area (Å²) in [6.45, 7) is 4.16. The van der Waals surface area contributed by atoms with Gasteiger partial charge >= 0.3 is 0 Å². The van der Waals surface area contributed by atoms with Gasteiger partial charge in [0.2, 0.25) is 10.0 Å². The van der Waals surface area contributed by atoms with Gasteiger partial charge in [0.25, 0.3) is 0 Å². The molecule has 160 valence electrons. The van der Waals surface area contributed by atoms with E-state index in [-0.39, 0.29) is 10.8 Å². The van der Waals surface area contributed by atoms with E-state index in [0.29, 0.717) is 17.9 Å². The maximum absolute atomic E-state index is 13.1. The van der Waals surface area contributed by atoms with Crippen LogP contribution in [-0.4, -0.2) is 20.4 Å². The highest BCUT2D eigenvalue weighted by molar-refractivity contribution is 7.89. The summed E-state index contributed by atoms with van der Waals surface area (Å²) >= 11 is 0. The number of nitrogens with one attached hydrogen (secondary N) is 1. The molecular weight excluding hydrogens is 412 g/mol. The molecule has 0 fully saturated rings. The highest BCUT2D eigenvalue weighted by atomic mass is 32.2. The number of hydrogen-bond donors (Lipinski definition) is 1. The second-order valence-electron chi connectivity index (χ2n) is 7.46. The molecule has 6 nitrogen and oxygen atoms in total. The molecule has 3 aromatic rings. The molecule has 3 aromatic carbocycles. The molecule has 0 aliphatic carbocycles. The number of sulfonamides is 1. The Labute approximate surface area is 182 Å². The Bertz CT molecular complexity index is 1180. The smallest absolute Gasteiger partial charge is 0.244 e. The van der Waals surface area contributed by atoms with E-state index in [0.717, 1.165) is 16.8 Å². The third-order valence-electron chi connectivity index (χ3n) is 5.28. The normalized spacial score (nSPS) is 18.3. The molecule has 0 amide bonds. The summed E-state index contributed by atoms with van der Waals surface area (Å²) in [5, 5.41) is 3.88. The highest BCUT2D eigenvalue weighted by Crippen LogP contribution is 2.30. The van der Waals surface area contributed by atoms with Gasteiger partial charge in [0.05, 0.1) is 16.5 Å². The fourth-order valence-electron chi connectivity index (χ4n) is 3.28. The van der Waals surface area contributed by atoms with Crippen LogP contribution < -0.4 is 9.46 Å². The van der Waals surface area contributed by atoms with Crippen molar-refractivity contribution in [3.63, 3.8) is 0 Å². The molecule has 4 rings (SSSR count). The summed E-state index contributed by atoms with van der Waals surface area (Å²) < 4.78 is 34.6. The Morgan fingerprint density at radius 2 is 1.65 bits per heavy atom. The van der Waals surface area contributed by atoms with Crippen molar-refractivity contribution in [3.8, 4) is 16.9 Å². The molecule has 0 bridgehead atoms. The third kappa shape index (κ3) is 4.78. The SMILES string of the molecule is CC1=NOC(NS(=O)(=O)c2ccccc2-c2ccc(OCc3ccccc3)cc2)C1C. The van der Waals surface area contributed by atoms with E-state index in [9.17, 15) is 8.42 Å². The molecule has 2 unspecified atom stereocenters. The standard InChI is InChI=1S/C24H24N2O4S/c1-17-18(2)25-30-24(17)26-31(27,28)23-11-7-6-10-22(23)20-12-14-21(15-13-20)29-16-19-8-4-3-5-9-19/h3-15,17,24,26H,16H2,1-2H3. The van der Waals surface area contributed by atoms with E-state index in [1.54, 1.807) is 18.2 Å². The lowest BCUT2D eigenvalue weighted by molar-refractivity contribution is 0.0576. The molecule has 0 spiro atoms. The van der Waals surface area contributed by atoms with E-state index < -0.39 is 16.3 Å². The number of ether oxygens (including phenoxy) is 1. The lowest BCUT2D eigenvalue weighted by Gasteiger charge is -2.17. The molecule has 7 heteroatoms. The number of oxime groups is 1. The minimum Gasteiger partial charge on any atom is -0.489 e. The highest BCUT2D eigenvalue weighted by Gasteiger charge is 2.33. The average molecular weight is 437 g/mol. The second-order valence-corrected chi connectivity index (χ2v) is 9.15. The van der Waals surface area contributed by atoms with Crippen LogP contribution >= 0.6 is 0 Å². The zero-order valence-electron chi connectivity index (χ0n) is 17.4. The van der Waals surface area contributed by atoms with Crippen molar-refractivity contribution < 1.29 is 18.0 Å². The van der Waals surface area contributed by atoms with Gasteiger partial charge in [0.1, 0.15) is 12.4 Å². The Hall–Kier alpha value is -3.16. The van der Waals surface area contributed by atoms with Crippen LogP contribution in [0.3, 0.4) is 0 Å². The Morgan fingerprint density at radius 1 is 0.968 bits per heavy atom. The predicted molar refractivity (Wildman–Crippen MR) is 120 cm³/mol. The average Bonchev–Trinajstić information content (AvgIpc) is 3.10. The summed E-state index contributed by atoms with van der Waals surface area (Å²) in [7, 11) is -3.81. The summed E-state index contributed by atoms with van der Waals surface area (Å²) in [5.74, 6) is 0.579. The van der Waals surface area contributed by atoms with E-state index in [2.05, 4.69) is 9.88 Å². The van der Waals surface area contributed by atoms with Gasteiger partial charge in [-0.1, -0.05) is 72.7 Å². The number of rotatable bonds is 7. The van der Waals surface area contributed by atoms with Gasteiger partial charge in [-0.25, -0.2) is 8.42 Å². The van der Waals surface area contributed by atoms with Gasteiger partial charge < -0.3 is 9.57 Å². The molecule has 1 heterocycles. The predicted octanol–water partition coefficient (Wildman–Crippen LogP) is 4.58. The molecule has 0 aromatic heterocycles. The van der Waals surface area contributed by atoms with Crippen LogP contribution in [0.25, 0.3) is 11.1 Å². The lowest BCUT2D eigenvalue weighted by Crippen LogP contribution is -2.39. The quantitative estimate of drug-likeness (QED) is 0.588. The number of benzene rings is 3. The van der Waals surface area contributed by atoms with Gasteiger partial charge in [-0.15, -0.1) is 0 Å². The Morgan fingerprint density at radius 3 is 2.32 bits per heavy atom. The number of nitrogens with zero attached hydrogens (tertiary/aromatic N) is 1. The first kappa shape index (κ1) is 21.1. The lowest BCUT2D eigenvalue weighted by atomic mass is 10.1. The molecule has 0 saturated carbocycles. The van der Waals surface area contributed by atoms with Crippen molar-refractivity contribution in [2.75, 3.05) is 0 Å². The van der Waals surface area contributed by atoms with Crippen LogP contribution in [0.1, 0.15) is 19.4 Å². The Balaban J connectivity index is 1.53. The van der Waals surface area contributed by atoms with Crippen LogP contribution in [0.5, 0.6) is 5.75 Å². The van der Waals surface area contributed by atoms with Crippen LogP contribution in [-0.2, 0) is 21.5 Å². The maximum atomic E-state index is 13.1.